The summed E-state index contributed by atoms with van der Waals surface area (Å²) in [5, 5.41) is -0.0994. The number of rotatable bonds is 6. The van der Waals surface area contributed by atoms with Gasteiger partial charge in [0.1, 0.15) is 17.1 Å². The summed E-state index contributed by atoms with van der Waals surface area (Å²) in [6.07, 6.45) is 3.61. The average Bonchev–Trinajstić information content (AvgIpc) is 3.24. The van der Waals surface area contributed by atoms with Gasteiger partial charge in [-0.25, -0.2) is 4.98 Å². The van der Waals surface area contributed by atoms with Gasteiger partial charge in [-0.05, 0) is 51.2 Å². The van der Waals surface area contributed by atoms with E-state index in [4.69, 9.17) is 21.3 Å². The van der Waals surface area contributed by atoms with Crippen molar-refractivity contribution in [2.45, 2.75) is 51.5 Å². The highest BCUT2D eigenvalue weighted by Crippen LogP contribution is 2.43. The second-order valence-electron chi connectivity index (χ2n) is 6.01. The summed E-state index contributed by atoms with van der Waals surface area (Å²) in [5.41, 5.74) is 2.09. The molecule has 1 aliphatic carbocycles. The number of ether oxygens (including phenoxy) is 1. The van der Waals surface area contributed by atoms with Gasteiger partial charge in [-0.3, -0.25) is 0 Å². The van der Waals surface area contributed by atoms with Crippen molar-refractivity contribution in [1.82, 2.24) is 9.55 Å². The van der Waals surface area contributed by atoms with E-state index in [0.717, 1.165) is 41.6 Å². The van der Waals surface area contributed by atoms with Crippen LogP contribution in [0.4, 0.5) is 0 Å². The number of imidazole rings is 1. The van der Waals surface area contributed by atoms with E-state index < -0.39 is 0 Å². The van der Waals surface area contributed by atoms with Crippen LogP contribution in [0.15, 0.2) is 18.2 Å². The number of benzene rings is 1. The molecule has 3 nitrogen and oxygen atoms in total. The first-order valence-corrected chi connectivity index (χ1v) is 8.34. The Morgan fingerprint density at radius 2 is 2.14 bits per heavy atom. The van der Waals surface area contributed by atoms with Crippen LogP contribution in [-0.4, -0.2) is 16.2 Å². The van der Waals surface area contributed by atoms with Crippen LogP contribution < -0.4 is 4.74 Å². The Kier molecular flexibility index (Phi) is 4.12. The molecular formula is C17H23ClN2O. The van der Waals surface area contributed by atoms with Crippen molar-refractivity contribution in [2.24, 2.45) is 5.92 Å². The Labute approximate surface area is 131 Å². The number of halogens is 1. The predicted octanol–water partition coefficient (Wildman–Crippen LogP) is 5.10. The molecule has 0 saturated heterocycles. The molecule has 2 unspecified atom stereocenters. The molecule has 4 heteroatoms. The van der Waals surface area contributed by atoms with Crippen LogP contribution in [0.25, 0.3) is 11.0 Å². The third-order valence-electron chi connectivity index (χ3n) is 4.24. The highest BCUT2D eigenvalue weighted by Gasteiger charge is 2.32. The lowest BCUT2D eigenvalue weighted by Gasteiger charge is -2.18. The highest BCUT2D eigenvalue weighted by atomic mass is 35.5. The Balaban J connectivity index is 2.12. The van der Waals surface area contributed by atoms with Gasteiger partial charge in [-0.2, -0.15) is 0 Å². The van der Waals surface area contributed by atoms with Crippen molar-refractivity contribution in [3.63, 3.8) is 0 Å². The number of hydrogen-bond donors (Lipinski definition) is 0. The first kappa shape index (κ1) is 14.7. The Hall–Kier alpha value is -1.22. The summed E-state index contributed by atoms with van der Waals surface area (Å²) < 4.78 is 8.18. The molecule has 1 aliphatic rings. The molecule has 1 heterocycles. The maximum atomic E-state index is 6.38. The summed E-state index contributed by atoms with van der Waals surface area (Å²) in [4.78, 5) is 4.80. The van der Waals surface area contributed by atoms with Crippen LogP contribution in [0, 0.1) is 5.92 Å². The molecule has 0 radical (unpaired) electrons. The molecule has 0 aliphatic heterocycles. The van der Waals surface area contributed by atoms with E-state index in [1.165, 1.54) is 12.8 Å². The Bertz CT molecular complexity index is 631. The van der Waals surface area contributed by atoms with Crippen LogP contribution in [0.3, 0.4) is 0 Å². The number of nitrogens with zero attached hydrogens (tertiary/aromatic N) is 2. The van der Waals surface area contributed by atoms with Gasteiger partial charge in [0.25, 0.3) is 0 Å². The zero-order valence-corrected chi connectivity index (χ0v) is 13.7. The minimum absolute atomic E-state index is 0.0994. The molecule has 1 aromatic carbocycles. The lowest BCUT2D eigenvalue weighted by Crippen LogP contribution is -2.11. The van der Waals surface area contributed by atoms with E-state index in [2.05, 4.69) is 24.5 Å². The van der Waals surface area contributed by atoms with Gasteiger partial charge >= 0.3 is 0 Å². The monoisotopic (exact) mass is 306 g/mol. The lowest BCUT2D eigenvalue weighted by atomic mass is 10.2. The van der Waals surface area contributed by atoms with Crippen molar-refractivity contribution in [3.05, 3.63) is 24.0 Å². The number of aromatic nitrogens is 2. The maximum Gasteiger partial charge on any atom is 0.147 e. The number of hydrogen-bond acceptors (Lipinski definition) is 2. The largest absolute Gasteiger partial charge is 0.491 e. The molecule has 3 rings (SSSR count). The van der Waals surface area contributed by atoms with Crippen LogP contribution >= 0.6 is 11.6 Å². The van der Waals surface area contributed by atoms with Crippen molar-refractivity contribution in [1.29, 1.82) is 0 Å². The van der Waals surface area contributed by atoms with Gasteiger partial charge in [0.2, 0.25) is 0 Å². The highest BCUT2D eigenvalue weighted by molar-refractivity contribution is 6.20. The second-order valence-corrected chi connectivity index (χ2v) is 6.66. The summed E-state index contributed by atoms with van der Waals surface area (Å²) in [7, 11) is 0. The molecule has 1 saturated carbocycles. The normalized spacial score (nSPS) is 17.9. The standard InChI is InChI=1S/C17H23ClN2O/c1-4-10-21-15-7-5-6-14-16(15)19-17(11(2)18)20(14)12(3)13-8-9-13/h5-7,11-13H,4,8-10H2,1-3H3. The smallest absolute Gasteiger partial charge is 0.147 e. The van der Waals surface area contributed by atoms with E-state index in [0.29, 0.717) is 6.04 Å². The molecule has 0 amide bonds. The molecule has 114 valence electrons. The van der Waals surface area contributed by atoms with E-state index in [1.807, 2.05) is 19.1 Å². The van der Waals surface area contributed by atoms with Gasteiger partial charge in [-0.1, -0.05) is 13.0 Å². The lowest BCUT2D eigenvalue weighted by molar-refractivity contribution is 0.320. The molecule has 21 heavy (non-hydrogen) atoms. The van der Waals surface area contributed by atoms with E-state index in [9.17, 15) is 0 Å². The van der Waals surface area contributed by atoms with Gasteiger partial charge in [0, 0.05) is 6.04 Å². The molecule has 2 atom stereocenters. The predicted molar refractivity (Wildman–Crippen MR) is 87.2 cm³/mol. The fourth-order valence-electron chi connectivity index (χ4n) is 2.94. The fraction of sp³-hybridized carbons (Fsp3) is 0.588. The molecular weight excluding hydrogens is 284 g/mol. The van der Waals surface area contributed by atoms with E-state index >= 15 is 0 Å². The maximum absolute atomic E-state index is 6.38. The minimum Gasteiger partial charge on any atom is -0.491 e. The molecule has 0 spiro atoms. The summed E-state index contributed by atoms with van der Waals surface area (Å²) >= 11 is 6.38. The van der Waals surface area contributed by atoms with Crippen molar-refractivity contribution in [3.8, 4) is 5.75 Å². The van der Waals surface area contributed by atoms with Crippen molar-refractivity contribution in [2.75, 3.05) is 6.61 Å². The zero-order valence-electron chi connectivity index (χ0n) is 13.0. The van der Waals surface area contributed by atoms with E-state index in [1.54, 1.807) is 0 Å². The van der Waals surface area contributed by atoms with Crippen LogP contribution in [-0.2, 0) is 0 Å². The number of para-hydroxylation sites is 1. The first-order chi connectivity index (χ1) is 10.1. The third-order valence-corrected chi connectivity index (χ3v) is 4.43. The molecule has 1 fully saturated rings. The van der Waals surface area contributed by atoms with Crippen molar-refractivity contribution >= 4 is 22.6 Å². The zero-order chi connectivity index (χ0) is 15.0. The van der Waals surface area contributed by atoms with Crippen LogP contribution in [0.1, 0.15) is 57.3 Å². The summed E-state index contributed by atoms with van der Waals surface area (Å²) in [5.74, 6) is 2.59. The molecule has 0 bridgehead atoms. The van der Waals surface area contributed by atoms with Gasteiger partial charge in [-0.15, -0.1) is 11.6 Å². The van der Waals surface area contributed by atoms with Gasteiger partial charge < -0.3 is 9.30 Å². The van der Waals surface area contributed by atoms with E-state index in [-0.39, 0.29) is 5.38 Å². The van der Waals surface area contributed by atoms with Gasteiger partial charge in [0.05, 0.1) is 17.5 Å². The number of fused-ring (bicyclic) bond motifs is 1. The third kappa shape index (κ3) is 2.76. The minimum atomic E-state index is -0.0994. The van der Waals surface area contributed by atoms with Crippen LogP contribution in [0.5, 0.6) is 5.75 Å². The SMILES string of the molecule is CCCOc1cccc2c1nc(C(C)Cl)n2C(C)C1CC1. The van der Waals surface area contributed by atoms with Crippen molar-refractivity contribution < 1.29 is 4.74 Å². The number of alkyl halides is 1. The molecule has 0 N–H and O–H groups in total. The average molecular weight is 307 g/mol. The Morgan fingerprint density at radius 3 is 2.76 bits per heavy atom. The molecule has 1 aromatic heterocycles. The fourth-order valence-corrected chi connectivity index (χ4v) is 3.09. The molecule has 2 aromatic rings. The summed E-state index contributed by atoms with van der Waals surface area (Å²) in [6.45, 7) is 7.10. The topological polar surface area (TPSA) is 27.1 Å². The second kappa shape index (κ2) is 5.88. The van der Waals surface area contributed by atoms with Crippen LogP contribution in [0.2, 0.25) is 0 Å². The first-order valence-electron chi connectivity index (χ1n) is 7.91. The van der Waals surface area contributed by atoms with Gasteiger partial charge in [0.15, 0.2) is 0 Å². The summed E-state index contributed by atoms with van der Waals surface area (Å²) in [6, 6.07) is 6.63. The Morgan fingerprint density at radius 1 is 1.38 bits per heavy atom. The quantitative estimate of drug-likeness (QED) is 0.695.